The number of aryl methyl sites for hydroxylation is 1. The lowest BCUT2D eigenvalue weighted by molar-refractivity contribution is -0.0429. The topological polar surface area (TPSA) is 67.8 Å². The van der Waals surface area contributed by atoms with Crippen molar-refractivity contribution in [2.45, 2.75) is 39.6 Å². The highest BCUT2D eigenvalue weighted by molar-refractivity contribution is 7.93. The number of nitrogens with one attached hydrogen (secondary N) is 1. The Morgan fingerprint density at radius 1 is 1.36 bits per heavy atom. The number of oxime groups is 1. The minimum atomic E-state index is -5.53. The number of sulfonamides is 1. The third-order valence-corrected chi connectivity index (χ3v) is 3.79. The standard InChI is InChI=1S/C14H15F3N2O3S.C2H6/c1-4-8-22-18-12(5-2)11-9-10(3)6-7-13(11)19-23(20,21)14(15,16)17;1-2/h1,6-7,9,19H,5,8H2,2-3H3;1-2H3/b18-12+;. The molecule has 0 fully saturated rings. The van der Waals surface area contributed by atoms with Gasteiger partial charge in [0, 0.05) is 5.56 Å². The second-order valence-electron chi connectivity index (χ2n) is 4.47. The van der Waals surface area contributed by atoms with Crippen molar-refractivity contribution in [3.63, 3.8) is 0 Å². The summed E-state index contributed by atoms with van der Waals surface area (Å²) in [6.07, 6.45) is 5.32. The highest BCUT2D eigenvalue weighted by atomic mass is 32.2. The van der Waals surface area contributed by atoms with E-state index in [2.05, 4.69) is 11.1 Å². The van der Waals surface area contributed by atoms with Gasteiger partial charge in [0.2, 0.25) is 0 Å². The van der Waals surface area contributed by atoms with Crippen molar-refractivity contribution in [2.24, 2.45) is 5.16 Å². The molecule has 0 saturated heterocycles. The highest BCUT2D eigenvalue weighted by Gasteiger charge is 2.46. The molecule has 1 rings (SSSR count). The van der Waals surface area contributed by atoms with Crippen LogP contribution in [0, 0.1) is 19.3 Å². The van der Waals surface area contributed by atoms with E-state index < -0.39 is 15.5 Å². The molecule has 0 aliphatic carbocycles. The molecule has 0 unspecified atom stereocenters. The van der Waals surface area contributed by atoms with Gasteiger partial charge >= 0.3 is 15.5 Å². The van der Waals surface area contributed by atoms with Gasteiger partial charge in [-0.15, -0.1) is 6.42 Å². The lowest BCUT2D eigenvalue weighted by Gasteiger charge is -2.15. The van der Waals surface area contributed by atoms with Gasteiger partial charge in [0.25, 0.3) is 0 Å². The molecule has 0 radical (unpaired) electrons. The number of nitrogens with zero attached hydrogens (tertiary/aromatic N) is 1. The summed E-state index contributed by atoms with van der Waals surface area (Å²) in [5, 5.41) is 3.75. The largest absolute Gasteiger partial charge is 0.516 e. The van der Waals surface area contributed by atoms with Crippen LogP contribution >= 0.6 is 0 Å². The Hall–Kier alpha value is -2.21. The molecule has 25 heavy (non-hydrogen) atoms. The van der Waals surface area contributed by atoms with E-state index in [1.165, 1.54) is 22.9 Å². The van der Waals surface area contributed by atoms with E-state index in [0.717, 1.165) is 0 Å². The average molecular weight is 378 g/mol. The van der Waals surface area contributed by atoms with Crippen molar-refractivity contribution in [3.05, 3.63) is 29.3 Å². The molecule has 0 heterocycles. The molecule has 1 aromatic rings. The lowest BCUT2D eigenvalue weighted by Crippen LogP contribution is -2.30. The van der Waals surface area contributed by atoms with E-state index in [-0.39, 0.29) is 23.6 Å². The van der Waals surface area contributed by atoms with E-state index >= 15 is 0 Å². The Bertz CT molecular complexity index is 736. The monoisotopic (exact) mass is 378 g/mol. The van der Waals surface area contributed by atoms with Gasteiger partial charge in [0.1, 0.15) is 0 Å². The van der Waals surface area contributed by atoms with Crippen molar-refractivity contribution < 1.29 is 26.4 Å². The van der Waals surface area contributed by atoms with Crippen molar-refractivity contribution in [1.29, 1.82) is 0 Å². The molecule has 1 aromatic carbocycles. The first-order chi connectivity index (χ1) is 11.6. The van der Waals surface area contributed by atoms with E-state index in [1.807, 2.05) is 13.8 Å². The van der Waals surface area contributed by atoms with Crippen LogP contribution < -0.4 is 4.72 Å². The molecule has 5 nitrogen and oxygen atoms in total. The second-order valence-corrected chi connectivity index (χ2v) is 6.14. The summed E-state index contributed by atoms with van der Waals surface area (Å²) >= 11 is 0. The third-order valence-electron chi connectivity index (χ3n) is 2.69. The van der Waals surface area contributed by atoms with E-state index in [9.17, 15) is 21.6 Å². The number of terminal acetylenes is 1. The number of alkyl halides is 3. The fraction of sp³-hybridized carbons (Fsp3) is 0.438. The van der Waals surface area contributed by atoms with Crippen LogP contribution in [-0.4, -0.2) is 26.2 Å². The zero-order valence-corrected chi connectivity index (χ0v) is 15.3. The Morgan fingerprint density at radius 3 is 2.44 bits per heavy atom. The number of hydrogen-bond acceptors (Lipinski definition) is 4. The lowest BCUT2D eigenvalue weighted by atomic mass is 10.0. The van der Waals surface area contributed by atoms with Crippen LogP contribution in [0.4, 0.5) is 18.9 Å². The van der Waals surface area contributed by atoms with Gasteiger partial charge in [-0.25, -0.2) is 0 Å². The number of halogens is 3. The average Bonchev–Trinajstić information content (AvgIpc) is 2.54. The number of anilines is 1. The quantitative estimate of drug-likeness (QED) is 0.351. The summed E-state index contributed by atoms with van der Waals surface area (Å²) in [6, 6.07) is 4.23. The smallest absolute Gasteiger partial charge is 0.382 e. The number of benzene rings is 1. The van der Waals surface area contributed by atoms with Gasteiger partial charge < -0.3 is 4.84 Å². The Morgan fingerprint density at radius 2 is 1.96 bits per heavy atom. The summed E-state index contributed by atoms with van der Waals surface area (Å²) in [4.78, 5) is 4.83. The number of hydrogen-bond donors (Lipinski definition) is 1. The first kappa shape index (κ1) is 22.8. The molecular formula is C16H21F3N2O3S. The van der Waals surface area contributed by atoms with Gasteiger partial charge in [0.05, 0.1) is 11.4 Å². The van der Waals surface area contributed by atoms with E-state index in [1.54, 1.807) is 13.8 Å². The first-order valence-corrected chi connectivity index (χ1v) is 8.93. The Kier molecular flexibility index (Phi) is 9.06. The van der Waals surface area contributed by atoms with Crippen LogP contribution in [0.2, 0.25) is 0 Å². The summed E-state index contributed by atoms with van der Waals surface area (Å²) in [6.45, 7) is 7.29. The normalized spacial score (nSPS) is 11.8. The van der Waals surface area contributed by atoms with Crippen molar-refractivity contribution in [1.82, 2.24) is 0 Å². The fourth-order valence-electron chi connectivity index (χ4n) is 1.64. The van der Waals surface area contributed by atoms with Crippen LogP contribution in [0.5, 0.6) is 0 Å². The molecule has 0 spiro atoms. The molecule has 0 aliphatic rings. The fourth-order valence-corrected chi connectivity index (χ4v) is 2.22. The summed E-state index contributed by atoms with van der Waals surface area (Å²) in [5.74, 6) is 2.19. The first-order valence-electron chi connectivity index (χ1n) is 7.44. The van der Waals surface area contributed by atoms with Crippen molar-refractivity contribution >= 4 is 21.4 Å². The number of rotatable bonds is 6. The molecule has 0 saturated carbocycles. The molecular weight excluding hydrogens is 357 g/mol. The van der Waals surface area contributed by atoms with Gasteiger partial charge in [-0.3, -0.25) is 4.72 Å². The van der Waals surface area contributed by atoms with Gasteiger partial charge in [-0.05, 0) is 25.5 Å². The molecule has 0 amide bonds. The van der Waals surface area contributed by atoms with Crippen LogP contribution in [-0.2, 0) is 14.9 Å². The van der Waals surface area contributed by atoms with Crippen molar-refractivity contribution in [3.8, 4) is 12.3 Å². The SMILES string of the molecule is C#CCO/N=C(\CC)c1cc(C)ccc1NS(=O)(=O)C(F)(F)F.CC. The zero-order valence-electron chi connectivity index (χ0n) is 14.4. The molecule has 0 bridgehead atoms. The van der Waals surface area contributed by atoms with Crippen LogP contribution in [0.3, 0.4) is 0 Å². The van der Waals surface area contributed by atoms with Gasteiger partial charge in [-0.1, -0.05) is 43.5 Å². The zero-order chi connectivity index (χ0) is 19.7. The summed E-state index contributed by atoms with van der Waals surface area (Å²) in [5.41, 5.74) is -4.48. The minimum absolute atomic E-state index is 0.112. The predicted octanol–water partition coefficient (Wildman–Crippen LogP) is 4.05. The molecule has 9 heteroatoms. The minimum Gasteiger partial charge on any atom is -0.382 e. The van der Waals surface area contributed by atoms with Gasteiger partial charge in [-0.2, -0.15) is 21.6 Å². The molecule has 140 valence electrons. The van der Waals surface area contributed by atoms with Gasteiger partial charge in [0.15, 0.2) is 6.61 Å². The molecule has 1 N–H and O–H groups in total. The van der Waals surface area contributed by atoms with Crippen LogP contribution in [0.25, 0.3) is 0 Å². The third kappa shape index (κ3) is 6.66. The maximum Gasteiger partial charge on any atom is 0.516 e. The van der Waals surface area contributed by atoms with E-state index in [0.29, 0.717) is 12.0 Å². The summed E-state index contributed by atoms with van der Waals surface area (Å²) < 4.78 is 61.7. The summed E-state index contributed by atoms with van der Waals surface area (Å²) in [7, 11) is -5.53. The second kappa shape index (κ2) is 9.93. The van der Waals surface area contributed by atoms with Crippen LogP contribution in [0.1, 0.15) is 38.3 Å². The Labute approximate surface area is 146 Å². The maximum atomic E-state index is 12.5. The molecule has 0 atom stereocenters. The predicted molar refractivity (Wildman–Crippen MR) is 92.7 cm³/mol. The highest BCUT2D eigenvalue weighted by Crippen LogP contribution is 2.28. The molecule has 0 aromatic heterocycles. The van der Waals surface area contributed by atoms with Crippen molar-refractivity contribution in [2.75, 3.05) is 11.3 Å². The Balaban J connectivity index is 0.00000277. The van der Waals surface area contributed by atoms with Crippen LogP contribution in [0.15, 0.2) is 23.4 Å². The maximum absolute atomic E-state index is 12.5. The molecule has 0 aliphatic heterocycles. The van der Waals surface area contributed by atoms with E-state index in [4.69, 9.17) is 11.3 Å².